The molecule has 0 radical (unpaired) electrons. The van der Waals surface area contributed by atoms with Crippen molar-refractivity contribution in [2.75, 3.05) is 11.5 Å². The Morgan fingerprint density at radius 1 is 0.912 bits per heavy atom. The van der Waals surface area contributed by atoms with Crippen molar-refractivity contribution in [1.82, 2.24) is 9.99 Å². The van der Waals surface area contributed by atoms with Crippen molar-refractivity contribution in [3.05, 3.63) is 102 Å². The number of carbonyl (C=O) groups excluding carboxylic acids is 1. The summed E-state index contributed by atoms with van der Waals surface area (Å²) in [6, 6.07) is 27.6. The molecule has 0 bridgehead atoms. The Labute approximate surface area is 202 Å². The number of nitrogens with one attached hydrogen (secondary N) is 1. The van der Waals surface area contributed by atoms with Gasteiger partial charge in [0.05, 0.1) is 23.4 Å². The quantitative estimate of drug-likeness (QED) is 0.271. The van der Waals surface area contributed by atoms with Crippen molar-refractivity contribution >= 4 is 40.3 Å². The highest BCUT2D eigenvalue weighted by Crippen LogP contribution is 2.29. The molecule has 0 atom stereocenters. The Morgan fingerprint density at radius 2 is 1.56 bits per heavy atom. The van der Waals surface area contributed by atoms with E-state index in [0.29, 0.717) is 11.5 Å². The van der Waals surface area contributed by atoms with Crippen LogP contribution in [0.2, 0.25) is 0 Å². The molecule has 0 aliphatic heterocycles. The van der Waals surface area contributed by atoms with Gasteiger partial charge in [-0.2, -0.15) is 5.10 Å². The zero-order valence-electron chi connectivity index (χ0n) is 18.8. The van der Waals surface area contributed by atoms with Gasteiger partial charge in [0, 0.05) is 22.5 Å². The number of carbonyl (C=O) groups is 2. The van der Waals surface area contributed by atoms with Crippen LogP contribution in [0.15, 0.2) is 90.0 Å². The number of hydrogen-bond acceptors (Lipinski definition) is 4. The number of amides is 1. The van der Waals surface area contributed by atoms with Crippen molar-refractivity contribution in [2.45, 2.75) is 13.3 Å². The van der Waals surface area contributed by atoms with Crippen LogP contribution in [0, 0.1) is 6.92 Å². The average Bonchev–Trinajstić information content (AvgIpc) is 3.13. The monoisotopic (exact) mass is 471 g/mol. The first-order valence-electron chi connectivity index (χ1n) is 10.9. The molecule has 34 heavy (non-hydrogen) atoms. The molecule has 1 amide bonds. The predicted molar refractivity (Wildman–Crippen MR) is 138 cm³/mol. The number of hydrogen-bond donors (Lipinski definition) is 2. The smallest absolute Gasteiger partial charge is 0.313 e. The third-order valence-corrected chi connectivity index (χ3v) is 6.41. The van der Waals surface area contributed by atoms with Crippen molar-refractivity contribution in [1.29, 1.82) is 0 Å². The maximum absolute atomic E-state index is 12.9. The predicted octanol–water partition coefficient (Wildman–Crippen LogP) is 4.82. The molecule has 172 valence electrons. The molecule has 1 aromatic heterocycles. The van der Waals surface area contributed by atoms with Crippen LogP contribution in [0.1, 0.15) is 16.8 Å². The minimum Gasteiger partial charge on any atom is -0.481 e. The largest absolute Gasteiger partial charge is 0.481 e. The normalized spacial score (nSPS) is 11.5. The van der Waals surface area contributed by atoms with E-state index in [1.165, 1.54) is 11.8 Å². The van der Waals surface area contributed by atoms with E-state index in [1.807, 2.05) is 73.7 Å². The summed E-state index contributed by atoms with van der Waals surface area (Å²) in [7, 11) is 0. The molecule has 1 heterocycles. The fourth-order valence-corrected chi connectivity index (χ4v) is 4.64. The van der Waals surface area contributed by atoms with Gasteiger partial charge >= 0.3 is 5.97 Å². The zero-order valence-corrected chi connectivity index (χ0v) is 19.6. The van der Waals surface area contributed by atoms with Crippen LogP contribution in [0.5, 0.6) is 0 Å². The summed E-state index contributed by atoms with van der Waals surface area (Å²) in [6.07, 6.45) is 0.181. The Hall–Kier alpha value is -3.84. The summed E-state index contributed by atoms with van der Waals surface area (Å²) in [5.74, 6) is -0.761. The number of benzene rings is 3. The topological polar surface area (TPSA) is 83.7 Å². The highest BCUT2D eigenvalue weighted by Gasteiger charge is 2.17. The number of aromatic nitrogens is 1. The zero-order chi connectivity index (χ0) is 23.9. The Bertz CT molecular complexity index is 1330. The molecule has 4 aromatic rings. The van der Waals surface area contributed by atoms with Crippen LogP contribution in [0.25, 0.3) is 16.6 Å². The summed E-state index contributed by atoms with van der Waals surface area (Å²) >= 11 is 1.24. The van der Waals surface area contributed by atoms with Gasteiger partial charge in [-0.3, -0.25) is 9.59 Å². The minimum atomic E-state index is -0.883. The molecule has 7 heteroatoms. The van der Waals surface area contributed by atoms with Crippen molar-refractivity contribution in [3.63, 3.8) is 0 Å². The highest BCUT2D eigenvalue weighted by atomic mass is 32.2. The van der Waals surface area contributed by atoms with Crippen LogP contribution in [0.3, 0.4) is 0 Å². The first kappa shape index (κ1) is 23.3. The fraction of sp³-hybridized carbons (Fsp3) is 0.148. The molecule has 6 nitrogen and oxygen atoms in total. The summed E-state index contributed by atoms with van der Waals surface area (Å²) in [5.41, 5.74) is 8.21. The highest BCUT2D eigenvalue weighted by molar-refractivity contribution is 8.00. The van der Waals surface area contributed by atoms with E-state index in [4.69, 9.17) is 5.11 Å². The van der Waals surface area contributed by atoms with Gasteiger partial charge in [-0.15, -0.1) is 11.8 Å². The average molecular weight is 472 g/mol. The van der Waals surface area contributed by atoms with E-state index in [2.05, 4.69) is 33.3 Å². The number of para-hydroxylation sites is 2. The van der Waals surface area contributed by atoms with E-state index in [1.54, 1.807) is 0 Å². The number of carboxylic acid groups (broad SMARTS) is 1. The third-order valence-electron chi connectivity index (χ3n) is 5.48. The van der Waals surface area contributed by atoms with Crippen LogP contribution < -0.4 is 5.43 Å². The lowest BCUT2D eigenvalue weighted by molar-refractivity contribution is -0.133. The summed E-state index contributed by atoms with van der Waals surface area (Å²) in [6.45, 7) is 2.02. The molecule has 2 N–H and O–H groups in total. The molecule has 0 unspecified atom stereocenters. The lowest BCUT2D eigenvalue weighted by Crippen LogP contribution is -2.23. The molecule has 0 fully saturated rings. The molecule has 0 aliphatic rings. The van der Waals surface area contributed by atoms with E-state index in [0.717, 1.165) is 33.4 Å². The van der Waals surface area contributed by atoms with Crippen molar-refractivity contribution in [3.8, 4) is 5.69 Å². The van der Waals surface area contributed by atoms with Crippen LogP contribution >= 0.6 is 11.8 Å². The maximum Gasteiger partial charge on any atom is 0.313 e. The first-order valence-corrected chi connectivity index (χ1v) is 12.0. The van der Waals surface area contributed by atoms with Crippen LogP contribution in [0.4, 0.5) is 0 Å². The van der Waals surface area contributed by atoms with E-state index in [9.17, 15) is 9.59 Å². The number of hydrazone groups is 1. The first-order chi connectivity index (χ1) is 16.5. The summed E-state index contributed by atoms with van der Waals surface area (Å²) in [4.78, 5) is 23.8. The Kier molecular flexibility index (Phi) is 7.44. The van der Waals surface area contributed by atoms with Crippen molar-refractivity contribution < 1.29 is 14.7 Å². The standard InChI is InChI=1S/C27H25N3O3S/c1-19-23(22-14-8-9-15-25(22)30(19)21-12-6-3-7-13-21)16-26(31)29-28-24(17-34-18-27(32)33)20-10-4-2-5-11-20/h2-15H,16-18H2,1H3,(H,29,31)(H,32,33). The molecule has 4 rings (SSSR count). The second-order valence-corrected chi connectivity index (χ2v) is 8.76. The van der Waals surface area contributed by atoms with E-state index < -0.39 is 5.97 Å². The van der Waals surface area contributed by atoms with Gasteiger partial charge in [0.2, 0.25) is 5.91 Å². The number of aliphatic carboxylic acids is 1. The number of fused-ring (bicyclic) bond motifs is 1. The Balaban J connectivity index is 1.58. The second kappa shape index (κ2) is 10.9. The van der Waals surface area contributed by atoms with Gasteiger partial charge in [-0.25, -0.2) is 5.43 Å². The molecular weight excluding hydrogens is 446 g/mol. The molecule has 0 spiro atoms. The maximum atomic E-state index is 12.9. The van der Waals surface area contributed by atoms with Gasteiger partial charge in [0.1, 0.15) is 0 Å². The molecular formula is C27H25N3O3S. The van der Waals surface area contributed by atoms with Crippen molar-refractivity contribution in [2.24, 2.45) is 5.10 Å². The lowest BCUT2D eigenvalue weighted by Gasteiger charge is -2.09. The fourth-order valence-electron chi connectivity index (χ4n) is 3.94. The van der Waals surface area contributed by atoms with Gasteiger partial charge in [0.15, 0.2) is 0 Å². The van der Waals surface area contributed by atoms with Gasteiger partial charge in [0.25, 0.3) is 0 Å². The molecule has 3 aromatic carbocycles. The second-order valence-electron chi connectivity index (χ2n) is 7.77. The molecule has 0 aliphatic carbocycles. The summed E-state index contributed by atoms with van der Waals surface area (Å²) in [5, 5.41) is 14.3. The van der Waals surface area contributed by atoms with Crippen LogP contribution in [-0.4, -0.2) is 38.8 Å². The van der Waals surface area contributed by atoms with E-state index >= 15 is 0 Å². The minimum absolute atomic E-state index is 0.0298. The van der Waals surface area contributed by atoms with Gasteiger partial charge < -0.3 is 9.67 Å². The van der Waals surface area contributed by atoms with Crippen LogP contribution in [-0.2, 0) is 16.0 Å². The van der Waals surface area contributed by atoms with Gasteiger partial charge in [-0.05, 0) is 36.2 Å². The van der Waals surface area contributed by atoms with Gasteiger partial charge in [-0.1, -0.05) is 66.7 Å². The Morgan fingerprint density at radius 3 is 2.26 bits per heavy atom. The van der Waals surface area contributed by atoms with E-state index in [-0.39, 0.29) is 18.1 Å². The summed E-state index contributed by atoms with van der Waals surface area (Å²) < 4.78 is 2.17. The number of carboxylic acids is 1. The molecule has 0 saturated carbocycles. The number of thioether (sulfide) groups is 1. The number of nitrogens with zero attached hydrogens (tertiary/aromatic N) is 2. The SMILES string of the molecule is Cc1c(CC(=O)NN=C(CSCC(=O)O)c2ccccc2)c2ccccc2n1-c1ccccc1. The number of rotatable bonds is 9. The third kappa shape index (κ3) is 5.38. The lowest BCUT2D eigenvalue weighted by atomic mass is 10.1. The molecule has 0 saturated heterocycles.